The SMILES string of the molecule is Cc1c(C(=O)O)c2ccccc2n1C(C)c1cccc(Br)c1. The quantitative estimate of drug-likeness (QED) is 0.714. The zero-order valence-electron chi connectivity index (χ0n) is 12.4. The van der Waals surface area contributed by atoms with Gasteiger partial charge in [0, 0.05) is 21.1 Å². The highest BCUT2D eigenvalue weighted by molar-refractivity contribution is 9.10. The Morgan fingerprint density at radius 3 is 2.59 bits per heavy atom. The molecule has 1 heterocycles. The van der Waals surface area contributed by atoms with Crippen molar-refractivity contribution in [2.75, 3.05) is 0 Å². The topological polar surface area (TPSA) is 42.2 Å². The van der Waals surface area contributed by atoms with E-state index in [1.54, 1.807) is 0 Å². The molecule has 3 nitrogen and oxygen atoms in total. The molecule has 1 unspecified atom stereocenters. The normalized spacial score (nSPS) is 12.5. The van der Waals surface area contributed by atoms with Gasteiger partial charge in [0.25, 0.3) is 0 Å². The standard InChI is InChI=1S/C18H16BrNO2/c1-11(13-6-5-7-14(19)10-13)20-12(2)17(18(21)22)15-8-3-4-9-16(15)20/h3-11H,1-2H3,(H,21,22). The first-order valence-electron chi connectivity index (χ1n) is 7.09. The third-order valence-corrected chi connectivity index (χ3v) is 4.58. The second kappa shape index (κ2) is 5.61. The second-order valence-electron chi connectivity index (χ2n) is 5.38. The average molecular weight is 358 g/mol. The molecule has 0 amide bonds. The van der Waals surface area contributed by atoms with Crippen LogP contribution >= 0.6 is 15.9 Å². The lowest BCUT2D eigenvalue weighted by molar-refractivity contribution is 0.0698. The van der Waals surface area contributed by atoms with E-state index >= 15 is 0 Å². The van der Waals surface area contributed by atoms with Crippen molar-refractivity contribution in [2.45, 2.75) is 19.9 Å². The van der Waals surface area contributed by atoms with Crippen molar-refractivity contribution >= 4 is 32.8 Å². The number of rotatable bonds is 3. The number of fused-ring (bicyclic) bond motifs is 1. The number of hydrogen-bond acceptors (Lipinski definition) is 1. The molecule has 3 rings (SSSR count). The third kappa shape index (κ3) is 2.33. The molecule has 3 aromatic rings. The lowest BCUT2D eigenvalue weighted by Crippen LogP contribution is -2.09. The van der Waals surface area contributed by atoms with E-state index in [4.69, 9.17) is 0 Å². The zero-order valence-corrected chi connectivity index (χ0v) is 14.0. The van der Waals surface area contributed by atoms with Gasteiger partial charge in [0.1, 0.15) is 0 Å². The predicted molar refractivity (Wildman–Crippen MR) is 91.6 cm³/mol. The Morgan fingerprint density at radius 2 is 1.91 bits per heavy atom. The Morgan fingerprint density at radius 1 is 1.18 bits per heavy atom. The van der Waals surface area contributed by atoms with E-state index in [9.17, 15) is 9.90 Å². The summed E-state index contributed by atoms with van der Waals surface area (Å²) in [5, 5.41) is 10.3. The van der Waals surface area contributed by atoms with Crippen LogP contribution in [0.25, 0.3) is 10.9 Å². The molecule has 0 aliphatic rings. The fourth-order valence-electron chi connectivity index (χ4n) is 3.08. The van der Waals surface area contributed by atoms with Gasteiger partial charge in [-0.2, -0.15) is 0 Å². The molecular formula is C18H16BrNO2. The van der Waals surface area contributed by atoms with E-state index < -0.39 is 5.97 Å². The minimum absolute atomic E-state index is 0.0514. The highest BCUT2D eigenvalue weighted by Gasteiger charge is 2.22. The Hall–Kier alpha value is -2.07. The summed E-state index contributed by atoms with van der Waals surface area (Å²) < 4.78 is 3.12. The Balaban J connectivity index is 2.27. The molecule has 0 spiro atoms. The van der Waals surface area contributed by atoms with Crippen LogP contribution in [0.3, 0.4) is 0 Å². The van der Waals surface area contributed by atoms with E-state index in [2.05, 4.69) is 39.6 Å². The lowest BCUT2D eigenvalue weighted by atomic mass is 10.1. The van der Waals surface area contributed by atoms with E-state index in [-0.39, 0.29) is 6.04 Å². The molecule has 2 aromatic carbocycles. The van der Waals surface area contributed by atoms with Crippen molar-refractivity contribution < 1.29 is 9.90 Å². The van der Waals surface area contributed by atoms with Crippen molar-refractivity contribution in [3.05, 3.63) is 69.8 Å². The van der Waals surface area contributed by atoms with Gasteiger partial charge >= 0.3 is 5.97 Å². The lowest BCUT2D eigenvalue weighted by Gasteiger charge is -2.18. The molecule has 0 fully saturated rings. The van der Waals surface area contributed by atoms with Crippen molar-refractivity contribution in [1.29, 1.82) is 0 Å². The summed E-state index contributed by atoms with van der Waals surface area (Å²) in [6.45, 7) is 3.96. The number of carboxylic acid groups (broad SMARTS) is 1. The van der Waals surface area contributed by atoms with Gasteiger partial charge < -0.3 is 9.67 Å². The number of nitrogens with zero attached hydrogens (tertiary/aromatic N) is 1. The number of hydrogen-bond donors (Lipinski definition) is 1. The first kappa shape index (κ1) is 14.9. The number of halogens is 1. The maximum absolute atomic E-state index is 11.6. The van der Waals surface area contributed by atoms with Crippen molar-refractivity contribution in [2.24, 2.45) is 0 Å². The van der Waals surface area contributed by atoms with Gasteiger partial charge in [-0.15, -0.1) is 0 Å². The van der Waals surface area contributed by atoms with Crippen LogP contribution in [0, 0.1) is 6.92 Å². The van der Waals surface area contributed by atoms with Crippen LogP contribution in [0.5, 0.6) is 0 Å². The average Bonchev–Trinajstić information content (AvgIpc) is 2.78. The smallest absolute Gasteiger partial charge is 0.338 e. The van der Waals surface area contributed by atoms with Gasteiger partial charge in [0.2, 0.25) is 0 Å². The first-order chi connectivity index (χ1) is 10.5. The van der Waals surface area contributed by atoms with E-state index in [0.29, 0.717) is 5.56 Å². The van der Waals surface area contributed by atoms with Crippen molar-refractivity contribution in [3.8, 4) is 0 Å². The molecule has 1 atom stereocenters. The number of aromatic carboxylic acids is 1. The Kier molecular flexibility index (Phi) is 3.79. The van der Waals surface area contributed by atoms with Crippen LogP contribution in [-0.4, -0.2) is 15.6 Å². The van der Waals surface area contributed by atoms with Crippen LogP contribution < -0.4 is 0 Å². The van der Waals surface area contributed by atoms with Crippen LogP contribution in [0.2, 0.25) is 0 Å². The number of carboxylic acids is 1. The minimum Gasteiger partial charge on any atom is -0.478 e. The molecule has 4 heteroatoms. The maximum Gasteiger partial charge on any atom is 0.338 e. The van der Waals surface area contributed by atoms with Crippen LogP contribution in [0.4, 0.5) is 0 Å². The molecule has 0 radical (unpaired) electrons. The fourth-order valence-corrected chi connectivity index (χ4v) is 3.49. The summed E-state index contributed by atoms with van der Waals surface area (Å²) in [6.07, 6.45) is 0. The summed E-state index contributed by atoms with van der Waals surface area (Å²) in [4.78, 5) is 11.6. The number of para-hydroxylation sites is 1. The summed E-state index contributed by atoms with van der Waals surface area (Å²) in [7, 11) is 0. The Labute approximate surface area is 137 Å². The molecule has 0 aliphatic carbocycles. The third-order valence-electron chi connectivity index (χ3n) is 4.09. The summed E-state index contributed by atoms with van der Waals surface area (Å²) in [5.41, 5.74) is 3.25. The van der Waals surface area contributed by atoms with Crippen LogP contribution in [-0.2, 0) is 0 Å². The zero-order chi connectivity index (χ0) is 15.9. The van der Waals surface area contributed by atoms with Gasteiger partial charge in [-0.3, -0.25) is 0 Å². The summed E-state index contributed by atoms with van der Waals surface area (Å²) in [5.74, 6) is -0.881. The first-order valence-corrected chi connectivity index (χ1v) is 7.88. The number of carbonyl (C=O) groups is 1. The molecule has 0 saturated heterocycles. The van der Waals surface area contributed by atoms with Gasteiger partial charge in [-0.1, -0.05) is 46.3 Å². The summed E-state index contributed by atoms with van der Waals surface area (Å²) >= 11 is 3.50. The Bertz CT molecular complexity index is 867. The molecule has 0 aliphatic heterocycles. The monoisotopic (exact) mass is 357 g/mol. The van der Waals surface area contributed by atoms with E-state index in [1.165, 1.54) is 0 Å². The molecule has 1 aromatic heterocycles. The van der Waals surface area contributed by atoms with Crippen LogP contribution in [0.1, 0.15) is 34.6 Å². The van der Waals surface area contributed by atoms with Gasteiger partial charge in [-0.05, 0) is 37.6 Å². The minimum atomic E-state index is -0.881. The predicted octanol–water partition coefficient (Wildman–Crippen LogP) is 5.02. The molecule has 112 valence electrons. The largest absolute Gasteiger partial charge is 0.478 e. The molecule has 0 bridgehead atoms. The van der Waals surface area contributed by atoms with Crippen molar-refractivity contribution in [3.63, 3.8) is 0 Å². The number of aromatic nitrogens is 1. The van der Waals surface area contributed by atoms with Gasteiger partial charge in [-0.25, -0.2) is 4.79 Å². The van der Waals surface area contributed by atoms with Crippen molar-refractivity contribution in [1.82, 2.24) is 4.57 Å². The van der Waals surface area contributed by atoms with E-state index in [0.717, 1.165) is 26.6 Å². The molecule has 22 heavy (non-hydrogen) atoms. The molecular weight excluding hydrogens is 342 g/mol. The maximum atomic E-state index is 11.6. The van der Waals surface area contributed by atoms with Gasteiger partial charge in [0.15, 0.2) is 0 Å². The fraction of sp³-hybridized carbons (Fsp3) is 0.167. The van der Waals surface area contributed by atoms with Gasteiger partial charge in [0.05, 0.1) is 11.6 Å². The van der Waals surface area contributed by atoms with Crippen LogP contribution in [0.15, 0.2) is 53.0 Å². The highest BCUT2D eigenvalue weighted by atomic mass is 79.9. The molecule has 0 saturated carbocycles. The highest BCUT2D eigenvalue weighted by Crippen LogP contribution is 2.32. The van der Waals surface area contributed by atoms with E-state index in [1.807, 2.05) is 43.3 Å². The second-order valence-corrected chi connectivity index (χ2v) is 6.30. The molecule has 1 N–H and O–H groups in total. The summed E-state index contributed by atoms with van der Waals surface area (Å²) in [6, 6.07) is 15.8. The number of benzene rings is 2.